The van der Waals surface area contributed by atoms with Gasteiger partial charge in [-0.3, -0.25) is 9.69 Å². The lowest BCUT2D eigenvalue weighted by Crippen LogP contribution is -2.45. The van der Waals surface area contributed by atoms with Crippen LogP contribution >= 0.6 is 11.3 Å². The quantitative estimate of drug-likeness (QED) is 0.836. The molecule has 24 heavy (non-hydrogen) atoms. The van der Waals surface area contributed by atoms with Crippen LogP contribution in [0, 0.1) is 0 Å². The molecule has 128 valence electrons. The van der Waals surface area contributed by atoms with E-state index in [0.717, 1.165) is 18.8 Å². The van der Waals surface area contributed by atoms with Crippen LogP contribution in [-0.2, 0) is 4.79 Å². The minimum absolute atomic E-state index is 0.0471. The number of benzene rings is 1. The largest absolute Gasteiger partial charge is 0.484 e. The lowest BCUT2D eigenvalue weighted by Gasteiger charge is -2.32. The number of nitrogens with zero attached hydrogens (tertiary/aromatic N) is 1. The molecule has 1 aromatic heterocycles. The van der Waals surface area contributed by atoms with Gasteiger partial charge in [0.2, 0.25) is 0 Å². The molecule has 0 spiro atoms. The molecule has 1 fully saturated rings. The number of likely N-dealkylation sites (tertiary alicyclic amines) is 1. The molecule has 2 atom stereocenters. The molecule has 1 aliphatic rings. The zero-order valence-electron chi connectivity index (χ0n) is 14.0. The minimum atomic E-state index is -0.0768. The summed E-state index contributed by atoms with van der Waals surface area (Å²) < 4.78 is 5.54. The number of carbonyl (C=O) groups is 1. The number of para-hydroxylation sites is 1. The van der Waals surface area contributed by atoms with Gasteiger partial charge in [0, 0.05) is 10.9 Å². The van der Waals surface area contributed by atoms with Crippen molar-refractivity contribution in [2.45, 2.75) is 31.8 Å². The monoisotopic (exact) mass is 344 g/mol. The van der Waals surface area contributed by atoms with Crippen molar-refractivity contribution in [1.82, 2.24) is 10.2 Å². The molecule has 0 unspecified atom stereocenters. The average molecular weight is 344 g/mol. The minimum Gasteiger partial charge on any atom is -0.484 e. The fraction of sp³-hybridized carbons (Fsp3) is 0.421. The van der Waals surface area contributed by atoms with Crippen molar-refractivity contribution < 1.29 is 9.53 Å². The molecule has 0 radical (unpaired) electrons. The Hall–Kier alpha value is -1.85. The van der Waals surface area contributed by atoms with Crippen LogP contribution in [0.25, 0.3) is 0 Å². The second kappa shape index (κ2) is 8.31. The van der Waals surface area contributed by atoms with Crippen molar-refractivity contribution in [1.29, 1.82) is 0 Å². The van der Waals surface area contributed by atoms with Crippen molar-refractivity contribution in [2.24, 2.45) is 0 Å². The van der Waals surface area contributed by atoms with E-state index in [-0.39, 0.29) is 24.6 Å². The second-order valence-electron chi connectivity index (χ2n) is 6.16. The number of carbonyl (C=O) groups excluding carboxylic acids is 1. The molecule has 0 bridgehead atoms. The first kappa shape index (κ1) is 17.0. The van der Waals surface area contributed by atoms with Crippen LogP contribution in [0.1, 0.15) is 30.7 Å². The molecule has 1 aromatic carbocycles. The Morgan fingerprint density at radius 1 is 1.21 bits per heavy atom. The third kappa shape index (κ3) is 4.36. The Morgan fingerprint density at radius 3 is 2.62 bits per heavy atom. The highest BCUT2D eigenvalue weighted by atomic mass is 32.1. The number of nitrogens with one attached hydrogen (secondary N) is 1. The maximum atomic E-state index is 12.3. The number of rotatable bonds is 7. The normalized spacial score (nSPS) is 17.4. The number of amides is 1. The molecule has 3 rings (SSSR count). The average Bonchev–Trinajstić information content (AvgIpc) is 3.29. The molecular formula is C19H24N2O2S. The van der Waals surface area contributed by atoms with Crippen LogP contribution in [0.15, 0.2) is 47.8 Å². The van der Waals surface area contributed by atoms with Crippen molar-refractivity contribution >= 4 is 17.2 Å². The van der Waals surface area contributed by atoms with Crippen molar-refractivity contribution in [2.75, 3.05) is 19.7 Å². The third-order valence-electron chi connectivity index (χ3n) is 4.34. The Labute approximate surface area is 147 Å². The predicted octanol–water partition coefficient (Wildman–Crippen LogP) is 3.47. The summed E-state index contributed by atoms with van der Waals surface area (Å²) >= 11 is 1.76. The molecule has 2 aromatic rings. The standard InChI is InChI=1S/C19H24N2O2S/c1-15(20-18(22)14-23-16-8-3-2-4-9-16)19(17-10-7-13-24-17)21-11-5-6-12-21/h2-4,7-10,13,15,19H,5-6,11-12,14H2,1H3,(H,20,22)/t15-,19-/m1/s1. The van der Waals surface area contributed by atoms with Crippen LogP contribution < -0.4 is 10.1 Å². The fourth-order valence-electron chi connectivity index (χ4n) is 3.26. The van der Waals surface area contributed by atoms with Gasteiger partial charge in [0.25, 0.3) is 5.91 Å². The summed E-state index contributed by atoms with van der Waals surface area (Å²) in [6.07, 6.45) is 2.47. The maximum Gasteiger partial charge on any atom is 0.258 e. The van der Waals surface area contributed by atoms with Gasteiger partial charge in [0.1, 0.15) is 5.75 Å². The van der Waals surface area contributed by atoms with E-state index in [1.54, 1.807) is 11.3 Å². The van der Waals surface area contributed by atoms with E-state index in [2.05, 4.69) is 34.7 Å². The van der Waals surface area contributed by atoms with Gasteiger partial charge in [-0.25, -0.2) is 0 Å². The summed E-state index contributed by atoms with van der Waals surface area (Å²) in [5, 5.41) is 5.22. The van der Waals surface area contributed by atoms with Crippen LogP contribution in [0.4, 0.5) is 0 Å². The summed E-state index contributed by atoms with van der Waals surface area (Å²) in [6.45, 7) is 4.33. The van der Waals surface area contributed by atoms with Crippen LogP contribution in [0.2, 0.25) is 0 Å². The van der Waals surface area contributed by atoms with E-state index >= 15 is 0 Å². The van der Waals surface area contributed by atoms with Gasteiger partial charge in [0.15, 0.2) is 6.61 Å². The fourth-order valence-corrected chi connectivity index (χ4v) is 4.23. The van der Waals surface area contributed by atoms with Gasteiger partial charge >= 0.3 is 0 Å². The first-order valence-electron chi connectivity index (χ1n) is 8.49. The Kier molecular flexibility index (Phi) is 5.88. The number of thiophene rings is 1. The molecule has 1 aliphatic heterocycles. The van der Waals surface area contributed by atoms with Gasteiger partial charge in [0.05, 0.1) is 6.04 Å². The highest BCUT2D eigenvalue weighted by Gasteiger charge is 2.29. The second-order valence-corrected chi connectivity index (χ2v) is 7.14. The molecule has 4 nitrogen and oxygen atoms in total. The topological polar surface area (TPSA) is 41.6 Å². The molecule has 1 amide bonds. The zero-order valence-corrected chi connectivity index (χ0v) is 14.8. The van der Waals surface area contributed by atoms with Crippen LogP contribution in [-0.4, -0.2) is 36.5 Å². The number of hydrogen-bond donors (Lipinski definition) is 1. The SMILES string of the molecule is C[C@@H](NC(=O)COc1ccccc1)[C@H](c1cccs1)N1CCCC1. The summed E-state index contributed by atoms with van der Waals surface area (Å²) in [5.41, 5.74) is 0. The Morgan fingerprint density at radius 2 is 1.96 bits per heavy atom. The summed E-state index contributed by atoms with van der Waals surface area (Å²) in [5.74, 6) is 0.641. The van der Waals surface area contributed by atoms with E-state index in [9.17, 15) is 4.79 Å². The lowest BCUT2D eigenvalue weighted by atomic mass is 10.1. The smallest absolute Gasteiger partial charge is 0.258 e. The van der Waals surface area contributed by atoms with E-state index in [0.29, 0.717) is 0 Å². The van der Waals surface area contributed by atoms with Gasteiger partial charge in [-0.2, -0.15) is 0 Å². The molecule has 1 N–H and O–H groups in total. The van der Waals surface area contributed by atoms with E-state index in [1.165, 1.54) is 17.7 Å². The highest BCUT2D eigenvalue weighted by molar-refractivity contribution is 7.10. The first-order chi connectivity index (χ1) is 11.7. The molecule has 0 saturated carbocycles. The Bertz CT molecular complexity index is 624. The zero-order chi connectivity index (χ0) is 16.8. The van der Waals surface area contributed by atoms with E-state index in [4.69, 9.17) is 4.74 Å². The molecule has 1 saturated heterocycles. The Balaban J connectivity index is 1.58. The highest BCUT2D eigenvalue weighted by Crippen LogP contribution is 2.31. The molecule has 5 heteroatoms. The van der Waals surface area contributed by atoms with Crippen molar-refractivity contribution in [3.8, 4) is 5.75 Å². The number of ether oxygens (including phenoxy) is 1. The van der Waals surface area contributed by atoms with E-state index < -0.39 is 0 Å². The maximum absolute atomic E-state index is 12.3. The van der Waals surface area contributed by atoms with Crippen LogP contribution in [0.3, 0.4) is 0 Å². The number of hydrogen-bond acceptors (Lipinski definition) is 4. The molecular weight excluding hydrogens is 320 g/mol. The lowest BCUT2D eigenvalue weighted by molar-refractivity contribution is -0.124. The summed E-state index contributed by atoms with van der Waals surface area (Å²) in [4.78, 5) is 16.1. The molecule has 2 heterocycles. The molecule has 0 aliphatic carbocycles. The van der Waals surface area contributed by atoms with Gasteiger partial charge in [-0.15, -0.1) is 11.3 Å². The summed E-state index contributed by atoms with van der Waals surface area (Å²) in [6, 6.07) is 14.0. The van der Waals surface area contributed by atoms with Gasteiger partial charge in [-0.1, -0.05) is 24.3 Å². The van der Waals surface area contributed by atoms with Crippen molar-refractivity contribution in [3.63, 3.8) is 0 Å². The van der Waals surface area contributed by atoms with Crippen molar-refractivity contribution in [3.05, 3.63) is 52.7 Å². The van der Waals surface area contributed by atoms with Crippen LogP contribution in [0.5, 0.6) is 5.75 Å². The van der Waals surface area contributed by atoms with Gasteiger partial charge in [-0.05, 0) is 56.4 Å². The predicted molar refractivity (Wildman–Crippen MR) is 97.4 cm³/mol. The van der Waals surface area contributed by atoms with Gasteiger partial charge < -0.3 is 10.1 Å². The van der Waals surface area contributed by atoms with E-state index in [1.807, 2.05) is 30.3 Å². The first-order valence-corrected chi connectivity index (χ1v) is 9.36. The third-order valence-corrected chi connectivity index (χ3v) is 5.29. The summed E-state index contributed by atoms with van der Waals surface area (Å²) in [7, 11) is 0.